The average Bonchev–Trinajstić information content (AvgIpc) is 2.57. The van der Waals surface area contributed by atoms with Gasteiger partial charge in [-0.05, 0) is 31.5 Å². The number of halogens is 3. The van der Waals surface area contributed by atoms with Crippen molar-refractivity contribution >= 4 is 39.9 Å². The molecule has 0 amide bonds. The SMILES string of the molecule is Cl.Clc1cccc(Br)c1C1CCCN1. The fraction of sp³-hybridized carbons (Fsp3) is 0.400. The summed E-state index contributed by atoms with van der Waals surface area (Å²) in [5, 5.41) is 4.30. The third kappa shape index (κ3) is 2.43. The zero-order valence-electron chi connectivity index (χ0n) is 7.59. The van der Waals surface area contributed by atoms with E-state index in [2.05, 4.69) is 21.2 Å². The Kier molecular flexibility index (Phi) is 4.71. The number of nitrogens with one attached hydrogen (secondary N) is 1. The van der Waals surface area contributed by atoms with E-state index in [-0.39, 0.29) is 12.4 Å². The van der Waals surface area contributed by atoms with Gasteiger partial charge in [-0.3, -0.25) is 0 Å². The third-order valence-electron chi connectivity index (χ3n) is 2.41. The first-order valence-electron chi connectivity index (χ1n) is 4.46. The van der Waals surface area contributed by atoms with Crippen LogP contribution in [0.5, 0.6) is 0 Å². The first-order chi connectivity index (χ1) is 6.29. The van der Waals surface area contributed by atoms with Gasteiger partial charge in [-0.2, -0.15) is 0 Å². The zero-order valence-corrected chi connectivity index (χ0v) is 10.8. The molecule has 0 bridgehead atoms. The molecule has 1 aliphatic rings. The van der Waals surface area contributed by atoms with E-state index in [1.165, 1.54) is 18.4 Å². The first-order valence-corrected chi connectivity index (χ1v) is 5.63. The Morgan fingerprint density at radius 2 is 2.21 bits per heavy atom. The lowest BCUT2D eigenvalue weighted by atomic mass is 10.1. The highest BCUT2D eigenvalue weighted by molar-refractivity contribution is 9.10. The zero-order chi connectivity index (χ0) is 9.26. The topological polar surface area (TPSA) is 12.0 Å². The molecule has 1 aromatic rings. The van der Waals surface area contributed by atoms with Crippen molar-refractivity contribution in [1.29, 1.82) is 0 Å². The monoisotopic (exact) mass is 295 g/mol. The van der Waals surface area contributed by atoms with Gasteiger partial charge in [0.2, 0.25) is 0 Å². The van der Waals surface area contributed by atoms with Gasteiger partial charge in [-0.1, -0.05) is 33.6 Å². The molecule has 0 aromatic heterocycles. The molecule has 1 nitrogen and oxygen atoms in total. The fourth-order valence-electron chi connectivity index (χ4n) is 1.77. The molecule has 0 saturated carbocycles. The van der Waals surface area contributed by atoms with Gasteiger partial charge in [0.05, 0.1) is 0 Å². The predicted molar refractivity (Wildman–Crippen MR) is 66.4 cm³/mol. The van der Waals surface area contributed by atoms with Crippen molar-refractivity contribution in [2.45, 2.75) is 18.9 Å². The molecular weight excluding hydrogens is 285 g/mol. The van der Waals surface area contributed by atoms with Crippen molar-refractivity contribution in [3.05, 3.63) is 33.3 Å². The van der Waals surface area contributed by atoms with Gasteiger partial charge in [0.15, 0.2) is 0 Å². The molecule has 14 heavy (non-hydrogen) atoms. The summed E-state index contributed by atoms with van der Waals surface area (Å²) in [5.41, 5.74) is 1.21. The van der Waals surface area contributed by atoms with Crippen LogP contribution in [-0.2, 0) is 0 Å². The van der Waals surface area contributed by atoms with Gasteiger partial charge in [-0.25, -0.2) is 0 Å². The van der Waals surface area contributed by atoms with Crippen molar-refractivity contribution in [3.8, 4) is 0 Å². The van der Waals surface area contributed by atoms with Gasteiger partial charge in [0, 0.05) is 21.1 Å². The summed E-state index contributed by atoms with van der Waals surface area (Å²) >= 11 is 9.67. The Labute approximate surface area is 104 Å². The molecule has 1 aliphatic heterocycles. The molecule has 1 saturated heterocycles. The summed E-state index contributed by atoms with van der Waals surface area (Å²) in [6.45, 7) is 1.10. The molecule has 1 atom stereocenters. The number of benzene rings is 1. The van der Waals surface area contributed by atoms with E-state index in [1.54, 1.807) is 0 Å². The molecule has 1 fully saturated rings. The summed E-state index contributed by atoms with van der Waals surface area (Å²) in [6.07, 6.45) is 2.42. The Balaban J connectivity index is 0.000000980. The van der Waals surface area contributed by atoms with Crippen molar-refractivity contribution < 1.29 is 0 Å². The molecule has 1 heterocycles. The van der Waals surface area contributed by atoms with E-state index in [1.807, 2.05) is 18.2 Å². The molecule has 78 valence electrons. The summed E-state index contributed by atoms with van der Waals surface area (Å²) in [7, 11) is 0. The van der Waals surface area contributed by atoms with Crippen LogP contribution in [0.2, 0.25) is 5.02 Å². The van der Waals surface area contributed by atoms with E-state index in [0.717, 1.165) is 16.0 Å². The molecule has 0 radical (unpaired) electrons. The minimum atomic E-state index is 0. The first kappa shape index (κ1) is 12.3. The van der Waals surface area contributed by atoms with Crippen LogP contribution < -0.4 is 5.32 Å². The summed E-state index contributed by atoms with van der Waals surface area (Å²) in [6, 6.07) is 6.39. The Hall–Kier alpha value is 0.240. The molecule has 0 spiro atoms. The molecule has 1 unspecified atom stereocenters. The van der Waals surface area contributed by atoms with Crippen molar-refractivity contribution in [3.63, 3.8) is 0 Å². The number of hydrogen-bond donors (Lipinski definition) is 1. The van der Waals surface area contributed by atoms with E-state index < -0.39 is 0 Å². The van der Waals surface area contributed by atoms with E-state index >= 15 is 0 Å². The smallest absolute Gasteiger partial charge is 0.0465 e. The maximum Gasteiger partial charge on any atom is 0.0465 e. The Morgan fingerprint density at radius 3 is 2.79 bits per heavy atom. The molecule has 2 rings (SSSR count). The number of hydrogen-bond acceptors (Lipinski definition) is 1. The lowest BCUT2D eigenvalue weighted by molar-refractivity contribution is 0.645. The lowest BCUT2D eigenvalue weighted by Gasteiger charge is -2.14. The van der Waals surface area contributed by atoms with E-state index in [9.17, 15) is 0 Å². The highest BCUT2D eigenvalue weighted by Gasteiger charge is 2.20. The summed E-state index contributed by atoms with van der Waals surface area (Å²) in [4.78, 5) is 0. The van der Waals surface area contributed by atoms with Crippen LogP contribution in [0.25, 0.3) is 0 Å². The summed E-state index contributed by atoms with van der Waals surface area (Å²) in [5.74, 6) is 0. The van der Waals surface area contributed by atoms with Crippen molar-refractivity contribution in [2.24, 2.45) is 0 Å². The lowest BCUT2D eigenvalue weighted by Crippen LogP contribution is -2.13. The van der Waals surface area contributed by atoms with Crippen LogP contribution in [0.15, 0.2) is 22.7 Å². The van der Waals surface area contributed by atoms with Crippen LogP contribution in [0.1, 0.15) is 24.4 Å². The van der Waals surface area contributed by atoms with Crippen LogP contribution in [0.3, 0.4) is 0 Å². The molecule has 1 N–H and O–H groups in total. The Bertz CT molecular complexity index is 291. The van der Waals surface area contributed by atoms with Crippen LogP contribution in [0, 0.1) is 0 Å². The fourth-order valence-corrected chi connectivity index (χ4v) is 2.84. The van der Waals surface area contributed by atoms with Crippen molar-refractivity contribution in [1.82, 2.24) is 5.32 Å². The van der Waals surface area contributed by atoms with Crippen LogP contribution in [-0.4, -0.2) is 6.54 Å². The normalized spacial score (nSPS) is 20.6. The van der Waals surface area contributed by atoms with Gasteiger partial charge < -0.3 is 5.32 Å². The molecular formula is C10H12BrCl2N. The molecule has 1 aromatic carbocycles. The van der Waals surface area contributed by atoms with Crippen LogP contribution in [0.4, 0.5) is 0 Å². The van der Waals surface area contributed by atoms with Gasteiger partial charge in [-0.15, -0.1) is 12.4 Å². The Morgan fingerprint density at radius 1 is 1.43 bits per heavy atom. The van der Waals surface area contributed by atoms with Gasteiger partial charge >= 0.3 is 0 Å². The highest BCUT2D eigenvalue weighted by Crippen LogP contribution is 2.34. The van der Waals surface area contributed by atoms with Crippen LogP contribution >= 0.6 is 39.9 Å². The largest absolute Gasteiger partial charge is 0.310 e. The minimum absolute atomic E-state index is 0. The molecule has 4 heteroatoms. The van der Waals surface area contributed by atoms with E-state index in [4.69, 9.17) is 11.6 Å². The average molecular weight is 297 g/mol. The highest BCUT2D eigenvalue weighted by atomic mass is 79.9. The maximum atomic E-state index is 6.14. The van der Waals surface area contributed by atoms with Gasteiger partial charge in [0.1, 0.15) is 0 Å². The second-order valence-corrected chi connectivity index (χ2v) is 4.55. The minimum Gasteiger partial charge on any atom is -0.310 e. The van der Waals surface area contributed by atoms with Gasteiger partial charge in [0.25, 0.3) is 0 Å². The number of rotatable bonds is 1. The standard InChI is InChI=1S/C10H11BrClN.ClH/c11-7-3-1-4-8(12)10(7)9-5-2-6-13-9;/h1,3-4,9,13H,2,5-6H2;1H. The van der Waals surface area contributed by atoms with Crippen molar-refractivity contribution in [2.75, 3.05) is 6.54 Å². The molecule has 0 aliphatic carbocycles. The maximum absolute atomic E-state index is 6.14. The predicted octanol–water partition coefficient (Wildman–Crippen LogP) is 3.95. The van der Waals surface area contributed by atoms with E-state index in [0.29, 0.717) is 6.04 Å². The third-order valence-corrected chi connectivity index (χ3v) is 3.43. The second kappa shape index (κ2) is 5.36. The summed E-state index contributed by atoms with van der Waals surface area (Å²) < 4.78 is 1.11. The second-order valence-electron chi connectivity index (χ2n) is 3.28. The quantitative estimate of drug-likeness (QED) is 0.827.